The van der Waals surface area contributed by atoms with Gasteiger partial charge in [0.2, 0.25) is 0 Å². The Morgan fingerprint density at radius 2 is 1.36 bits per heavy atom. The first-order valence-electron chi connectivity index (χ1n) is 6.65. The molecule has 0 aliphatic carbocycles. The minimum atomic E-state index is -4.55. The maximum absolute atomic E-state index is 11.6. The average molecular weight is 322 g/mol. The zero-order valence-corrected chi connectivity index (χ0v) is 13.6. The van der Waals surface area contributed by atoms with E-state index in [-0.39, 0.29) is 11.3 Å². The van der Waals surface area contributed by atoms with Gasteiger partial charge in [0, 0.05) is 0 Å². The largest absolute Gasteiger partial charge is 0.508 e. The van der Waals surface area contributed by atoms with E-state index < -0.39 is 20.8 Å². The number of hydrogen-bond donors (Lipinski definition) is 3. The van der Waals surface area contributed by atoms with E-state index in [0.717, 1.165) is 11.1 Å². The van der Waals surface area contributed by atoms with Gasteiger partial charge >= 0.3 is 0 Å². The van der Waals surface area contributed by atoms with Crippen LogP contribution in [-0.2, 0) is 10.1 Å². The molecule has 0 atom stereocenters. The van der Waals surface area contributed by atoms with Crippen molar-refractivity contribution in [1.82, 2.24) is 0 Å². The molecule has 0 aromatic heterocycles. The summed E-state index contributed by atoms with van der Waals surface area (Å²) in [6.45, 7) is 6.63. The highest BCUT2D eigenvalue weighted by Gasteiger charge is 2.24. The lowest BCUT2D eigenvalue weighted by Gasteiger charge is -2.16. The van der Waals surface area contributed by atoms with Crippen LogP contribution in [-0.4, -0.2) is 23.2 Å². The van der Waals surface area contributed by atoms with Crippen molar-refractivity contribution in [3.63, 3.8) is 0 Å². The Kier molecular flexibility index (Phi) is 3.93. The van der Waals surface area contributed by atoms with E-state index in [1.807, 2.05) is 0 Å². The molecule has 0 heterocycles. The molecule has 0 bridgehead atoms. The van der Waals surface area contributed by atoms with Crippen LogP contribution < -0.4 is 0 Å². The smallest absolute Gasteiger partial charge is 0.298 e. The molecule has 2 rings (SSSR count). The van der Waals surface area contributed by atoms with Gasteiger partial charge < -0.3 is 10.2 Å². The van der Waals surface area contributed by atoms with Crippen LogP contribution in [0.4, 0.5) is 0 Å². The zero-order valence-electron chi connectivity index (χ0n) is 12.8. The lowest BCUT2D eigenvalue weighted by atomic mass is 9.93. The number of benzene rings is 2. The van der Waals surface area contributed by atoms with Gasteiger partial charge in [0.05, 0.1) is 0 Å². The molecular weight excluding hydrogens is 304 g/mol. The molecular formula is C16H18O5S. The van der Waals surface area contributed by atoms with E-state index in [1.165, 1.54) is 6.92 Å². The van der Waals surface area contributed by atoms with Crippen molar-refractivity contribution in [2.75, 3.05) is 0 Å². The summed E-state index contributed by atoms with van der Waals surface area (Å²) >= 11 is 0. The maximum Gasteiger partial charge on any atom is 0.298 e. The third-order valence-electron chi connectivity index (χ3n) is 3.79. The average Bonchev–Trinajstić information content (AvgIpc) is 2.37. The first kappa shape index (κ1) is 16.3. The van der Waals surface area contributed by atoms with Crippen molar-refractivity contribution in [3.05, 3.63) is 40.5 Å². The lowest BCUT2D eigenvalue weighted by Crippen LogP contribution is -2.04. The van der Waals surface area contributed by atoms with Gasteiger partial charge in [-0.3, -0.25) is 4.55 Å². The number of rotatable bonds is 2. The highest BCUT2D eigenvalue weighted by atomic mass is 32.2. The molecule has 0 unspecified atom stereocenters. The van der Waals surface area contributed by atoms with Gasteiger partial charge in [0.25, 0.3) is 10.1 Å². The van der Waals surface area contributed by atoms with E-state index >= 15 is 0 Å². The third-order valence-corrected chi connectivity index (χ3v) is 4.80. The molecule has 0 amide bonds. The molecule has 118 valence electrons. The molecule has 0 saturated heterocycles. The molecule has 2 aromatic rings. The highest BCUT2D eigenvalue weighted by molar-refractivity contribution is 7.86. The van der Waals surface area contributed by atoms with E-state index in [2.05, 4.69) is 0 Å². The van der Waals surface area contributed by atoms with E-state index in [9.17, 15) is 23.2 Å². The van der Waals surface area contributed by atoms with Gasteiger partial charge in [-0.15, -0.1) is 0 Å². The molecule has 0 aliphatic heterocycles. The number of aryl methyl sites for hydroxylation is 3. The Hall–Kier alpha value is -2.05. The predicted octanol–water partition coefficient (Wildman–Crippen LogP) is 3.25. The van der Waals surface area contributed by atoms with Crippen LogP contribution in [0.15, 0.2) is 23.1 Å². The lowest BCUT2D eigenvalue weighted by molar-refractivity contribution is 0.439. The van der Waals surface area contributed by atoms with Gasteiger partial charge in [-0.2, -0.15) is 8.42 Å². The molecule has 0 saturated carbocycles. The molecule has 22 heavy (non-hydrogen) atoms. The van der Waals surface area contributed by atoms with Crippen LogP contribution in [0.2, 0.25) is 0 Å². The number of phenols is 2. The quantitative estimate of drug-likeness (QED) is 0.738. The van der Waals surface area contributed by atoms with Crippen LogP contribution in [0.5, 0.6) is 11.5 Å². The van der Waals surface area contributed by atoms with Crippen LogP contribution in [0, 0.1) is 27.7 Å². The zero-order chi connectivity index (χ0) is 16.8. The number of hydrogen-bond acceptors (Lipinski definition) is 4. The Balaban J connectivity index is 2.90. The van der Waals surface area contributed by atoms with Crippen molar-refractivity contribution >= 4 is 10.1 Å². The Morgan fingerprint density at radius 3 is 1.91 bits per heavy atom. The summed E-state index contributed by atoms with van der Waals surface area (Å²) in [5.41, 5.74) is 3.35. The molecule has 0 radical (unpaired) electrons. The van der Waals surface area contributed by atoms with Crippen LogP contribution in [0.25, 0.3) is 11.1 Å². The normalized spacial score (nSPS) is 11.7. The monoisotopic (exact) mass is 322 g/mol. The summed E-state index contributed by atoms with van der Waals surface area (Å²) in [6.07, 6.45) is 0. The van der Waals surface area contributed by atoms with E-state index in [0.29, 0.717) is 16.7 Å². The first-order chi connectivity index (χ1) is 10.0. The summed E-state index contributed by atoms with van der Waals surface area (Å²) < 4.78 is 32.5. The Labute approximate surface area is 129 Å². The number of aromatic hydroxyl groups is 2. The van der Waals surface area contributed by atoms with Crippen LogP contribution in [0.3, 0.4) is 0 Å². The molecule has 0 aliphatic rings. The summed E-state index contributed by atoms with van der Waals surface area (Å²) in [4.78, 5) is -0.479. The fourth-order valence-electron chi connectivity index (χ4n) is 2.56. The molecule has 2 aromatic carbocycles. The standard InChI is InChI=1S/C16H18O5S/c1-8-7-14(17)9(2)5-12(8)13-6-10(3)15(18)16(11(13)4)22(19,20)21/h5-7,17-18H,1-4H3,(H,19,20,21). The second-order valence-electron chi connectivity index (χ2n) is 5.47. The second-order valence-corrected chi connectivity index (χ2v) is 6.83. The minimum Gasteiger partial charge on any atom is -0.508 e. The van der Waals surface area contributed by atoms with Gasteiger partial charge in [0.15, 0.2) is 0 Å². The molecule has 3 N–H and O–H groups in total. The van der Waals surface area contributed by atoms with Gasteiger partial charge in [-0.25, -0.2) is 0 Å². The Morgan fingerprint density at radius 1 is 0.818 bits per heavy atom. The van der Waals surface area contributed by atoms with Gasteiger partial charge in [0.1, 0.15) is 16.4 Å². The third kappa shape index (κ3) is 2.67. The molecule has 5 nitrogen and oxygen atoms in total. The maximum atomic E-state index is 11.6. The van der Waals surface area contributed by atoms with Crippen molar-refractivity contribution < 1.29 is 23.2 Å². The number of phenolic OH excluding ortho intramolecular Hbond substituents is 2. The van der Waals surface area contributed by atoms with Crippen molar-refractivity contribution in [2.45, 2.75) is 32.6 Å². The Bertz CT molecular complexity index is 867. The van der Waals surface area contributed by atoms with Gasteiger partial charge in [-0.1, -0.05) is 0 Å². The van der Waals surface area contributed by atoms with Crippen molar-refractivity contribution in [1.29, 1.82) is 0 Å². The van der Waals surface area contributed by atoms with Crippen LogP contribution >= 0.6 is 0 Å². The second kappa shape index (κ2) is 5.30. The fraction of sp³-hybridized carbons (Fsp3) is 0.250. The fourth-order valence-corrected chi connectivity index (χ4v) is 3.46. The molecule has 0 fully saturated rings. The van der Waals surface area contributed by atoms with Crippen molar-refractivity contribution in [2.24, 2.45) is 0 Å². The first-order valence-corrected chi connectivity index (χ1v) is 8.09. The van der Waals surface area contributed by atoms with Crippen LogP contribution in [0.1, 0.15) is 22.3 Å². The van der Waals surface area contributed by atoms with E-state index in [1.54, 1.807) is 39.0 Å². The van der Waals surface area contributed by atoms with Crippen molar-refractivity contribution in [3.8, 4) is 22.6 Å². The summed E-state index contributed by atoms with van der Waals surface area (Å²) in [7, 11) is -4.55. The summed E-state index contributed by atoms with van der Waals surface area (Å²) in [5, 5.41) is 19.7. The SMILES string of the molecule is Cc1cc(-c2cc(C)c(O)c(S(=O)(=O)O)c2C)c(C)cc1O. The molecule has 6 heteroatoms. The summed E-state index contributed by atoms with van der Waals surface area (Å²) in [6, 6.07) is 5.01. The van der Waals surface area contributed by atoms with Gasteiger partial charge in [-0.05, 0) is 79.3 Å². The molecule has 0 spiro atoms. The minimum absolute atomic E-state index is 0.157. The highest BCUT2D eigenvalue weighted by Crippen LogP contribution is 2.39. The van der Waals surface area contributed by atoms with E-state index in [4.69, 9.17) is 0 Å². The topological polar surface area (TPSA) is 94.8 Å². The summed E-state index contributed by atoms with van der Waals surface area (Å²) in [5.74, 6) is -0.290. The predicted molar refractivity (Wildman–Crippen MR) is 84.0 cm³/mol.